The fourth-order valence-corrected chi connectivity index (χ4v) is 3.11. The van der Waals surface area contributed by atoms with Gasteiger partial charge in [-0.3, -0.25) is 0 Å². The highest BCUT2D eigenvalue weighted by Crippen LogP contribution is 2.24. The van der Waals surface area contributed by atoms with E-state index in [0.717, 1.165) is 16.2 Å². The quantitative estimate of drug-likeness (QED) is 0.852. The first-order valence-electron chi connectivity index (χ1n) is 4.28. The monoisotopic (exact) mass is 283 g/mol. The van der Waals surface area contributed by atoms with Crippen LogP contribution in [-0.2, 0) is 20.2 Å². The van der Waals surface area contributed by atoms with Gasteiger partial charge in [0.1, 0.15) is 4.21 Å². The van der Waals surface area contributed by atoms with E-state index in [2.05, 4.69) is 10.1 Å². The molecule has 1 N–H and O–H groups in total. The largest absolute Gasteiger partial charge is 0.453 e. The molecule has 0 saturated carbocycles. The van der Waals surface area contributed by atoms with Crippen LogP contribution in [0.15, 0.2) is 16.3 Å². The number of hydrogen-bond acceptors (Lipinski definition) is 5. The van der Waals surface area contributed by atoms with E-state index in [1.165, 1.54) is 13.2 Å². The molecule has 1 rings (SSSR count). The number of rotatable bonds is 4. The van der Waals surface area contributed by atoms with Gasteiger partial charge in [0.15, 0.2) is 0 Å². The first kappa shape index (κ1) is 13.3. The molecule has 1 amide bonds. The van der Waals surface area contributed by atoms with E-state index < -0.39 is 15.1 Å². The molecule has 0 atom stereocenters. The summed E-state index contributed by atoms with van der Waals surface area (Å²) >= 11 is 1.09. The smallest absolute Gasteiger partial charge is 0.406 e. The van der Waals surface area contributed by atoms with Crippen LogP contribution in [0.25, 0.3) is 0 Å². The number of hydrogen-bond donors (Lipinski definition) is 1. The molecule has 0 radical (unpaired) electrons. The topological polar surface area (TPSA) is 72.5 Å². The maximum absolute atomic E-state index is 11.0. The molecular formula is C8H10ClNO4S2. The van der Waals surface area contributed by atoms with Crippen LogP contribution in [-0.4, -0.2) is 28.2 Å². The molecule has 0 aliphatic rings. The van der Waals surface area contributed by atoms with Gasteiger partial charge in [-0.1, -0.05) is 0 Å². The lowest BCUT2D eigenvalue weighted by molar-refractivity contribution is 0.171. The third-order valence-electron chi connectivity index (χ3n) is 1.70. The number of thiophene rings is 1. The van der Waals surface area contributed by atoms with Gasteiger partial charge in [0, 0.05) is 22.1 Å². The summed E-state index contributed by atoms with van der Waals surface area (Å²) in [6.07, 6.45) is 0.0216. The molecule has 5 nitrogen and oxygen atoms in total. The van der Waals surface area contributed by atoms with E-state index in [-0.39, 0.29) is 4.21 Å². The van der Waals surface area contributed by atoms with Crippen molar-refractivity contribution in [1.29, 1.82) is 0 Å². The van der Waals surface area contributed by atoms with Crippen LogP contribution < -0.4 is 5.32 Å². The lowest BCUT2D eigenvalue weighted by Gasteiger charge is -2.01. The van der Waals surface area contributed by atoms with Gasteiger partial charge < -0.3 is 10.1 Å². The summed E-state index contributed by atoms with van der Waals surface area (Å²) in [5.74, 6) is 0. The third kappa shape index (κ3) is 3.99. The molecule has 0 unspecified atom stereocenters. The zero-order chi connectivity index (χ0) is 12.2. The minimum absolute atomic E-state index is 0.113. The Balaban J connectivity index is 2.51. The van der Waals surface area contributed by atoms with Gasteiger partial charge in [-0.25, -0.2) is 13.2 Å². The molecule has 0 aromatic carbocycles. The molecule has 90 valence electrons. The number of alkyl carbamates (subject to hydrolysis) is 1. The Morgan fingerprint density at radius 1 is 1.56 bits per heavy atom. The molecule has 0 saturated heterocycles. The second kappa shape index (κ2) is 5.51. The fraction of sp³-hybridized carbons (Fsp3) is 0.375. The second-order valence-corrected chi connectivity index (χ2v) is 6.79. The Bertz CT molecular complexity index is 468. The summed E-state index contributed by atoms with van der Waals surface area (Å²) < 4.78 is 26.4. The van der Waals surface area contributed by atoms with Crippen LogP contribution in [0.5, 0.6) is 0 Å². The van der Waals surface area contributed by atoms with Crippen molar-refractivity contribution in [1.82, 2.24) is 5.32 Å². The summed E-state index contributed by atoms with van der Waals surface area (Å²) in [7, 11) is 2.80. The summed E-state index contributed by atoms with van der Waals surface area (Å²) in [6.45, 7) is 0.384. The average molecular weight is 284 g/mol. The van der Waals surface area contributed by atoms with E-state index >= 15 is 0 Å². The van der Waals surface area contributed by atoms with E-state index in [9.17, 15) is 13.2 Å². The van der Waals surface area contributed by atoms with Gasteiger partial charge in [-0.05, 0) is 18.6 Å². The van der Waals surface area contributed by atoms with Gasteiger partial charge in [0.25, 0.3) is 9.05 Å². The summed E-state index contributed by atoms with van der Waals surface area (Å²) in [5, 5.41) is 2.49. The second-order valence-electron chi connectivity index (χ2n) is 2.83. The van der Waals surface area contributed by atoms with Crippen LogP contribution >= 0.6 is 22.0 Å². The number of carbonyl (C=O) groups excluding carboxylic acids is 1. The Hall–Kier alpha value is -0.790. The normalized spacial score (nSPS) is 11.1. The molecule has 0 spiro atoms. The maximum Gasteiger partial charge on any atom is 0.406 e. The summed E-state index contributed by atoms with van der Waals surface area (Å²) in [6, 6.07) is 3.11. The van der Waals surface area contributed by atoms with Crippen molar-refractivity contribution in [3.05, 3.63) is 17.0 Å². The molecule has 1 aromatic rings. The molecule has 1 aromatic heterocycles. The van der Waals surface area contributed by atoms with Crippen molar-refractivity contribution in [3.8, 4) is 0 Å². The van der Waals surface area contributed by atoms with E-state index in [1.807, 2.05) is 0 Å². The molecule has 1 heterocycles. The Kier molecular flexibility index (Phi) is 4.57. The van der Waals surface area contributed by atoms with Crippen LogP contribution in [0.2, 0.25) is 0 Å². The SMILES string of the molecule is COC(=O)NCCc1ccc(S(=O)(=O)Cl)s1. The molecular weight excluding hydrogens is 274 g/mol. The lowest BCUT2D eigenvalue weighted by Crippen LogP contribution is -2.24. The Morgan fingerprint density at radius 2 is 2.25 bits per heavy atom. The predicted octanol–water partition coefficient (Wildman–Crippen LogP) is 1.57. The number of methoxy groups -OCH3 is 1. The van der Waals surface area contributed by atoms with Gasteiger partial charge in [0.05, 0.1) is 7.11 Å². The highest BCUT2D eigenvalue weighted by Gasteiger charge is 2.12. The maximum atomic E-state index is 11.0. The van der Waals surface area contributed by atoms with Crippen molar-refractivity contribution < 1.29 is 17.9 Å². The van der Waals surface area contributed by atoms with Crippen molar-refractivity contribution in [2.75, 3.05) is 13.7 Å². The fourth-order valence-electron chi connectivity index (χ4n) is 0.984. The molecule has 8 heteroatoms. The van der Waals surface area contributed by atoms with Crippen LogP contribution in [0.1, 0.15) is 4.88 Å². The molecule has 0 fully saturated rings. The Morgan fingerprint density at radius 3 is 2.75 bits per heavy atom. The minimum atomic E-state index is -3.65. The zero-order valence-corrected chi connectivity index (χ0v) is 10.8. The van der Waals surface area contributed by atoms with Gasteiger partial charge in [-0.15, -0.1) is 11.3 Å². The van der Waals surface area contributed by atoms with E-state index in [0.29, 0.717) is 13.0 Å². The van der Waals surface area contributed by atoms with Crippen molar-refractivity contribution >= 4 is 37.2 Å². The van der Waals surface area contributed by atoms with E-state index in [4.69, 9.17) is 10.7 Å². The predicted molar refractivity (Wildman–Crippen MR) is 61.5 cm³/mol. The third-order valence-corrected chi connectivity index (χ3v) is 4.94. The molecule has 0 bridgehead atoms. The highest BCUT2D eigenvalue weighted by atomic mass is 35.7. The number of carbonyl (C=O) groups is 1. The van der Waals surface area contributed by atoms with Crippen molar-refractivity contribution in [3.63, 3.8) is 0 Å². The standard InChI is InChI=1S/C8H10ClNO4S2/c1-14-8(11)10-5-4-6-2-3-7(15-6)16(9,12)13/h2-3H,4-5H2,1H3,(H,10,11). The Labute approximate surface area is 102 Å². The zero-order valence-electron chi connectivity index (χ0n) is 8.40. The first-order valence-corrected chi connectivity index (χ1v) is 7.41. The van der Waals surface area contributed by atoms with Crippen molar-refractivity contribution in [2.45, 2.75) is 10.6 Å². The molecule has 0 aliphatic carbocycles. The number of halogens is 1. The van der Waals surface area contributed by atoms with Crippen LogP contribution in [0.4, 0.5) is 4.79 Å². The van der Waals surface area contributed by atoms with Crippen LogP contribution in [0.3, 0.4) is 0 Å². The van der Waals surface area contributed by atoms with Gasteiger partial charge in [0.2, 0.25) is 0 Å². The molecule has 0 aliphatic heterocycles. The number of amides is 1. The average Bonchev–Trinajstić information content (AvgIpc) is 2.65. The van der Waals surface area contributed by atoms with E-state index in [1.54, 1.807) is 6.07 Å². The number of ether oxygens (including phenoxy) is 1. The number of nitrogens with one attached hydrogen (secondary N) is 1. The van der Waals surface area contributed by atoms with Gasteiger partial charge in [-0.2, -0.15) is 0 Å². The first-order chi connectivity index (χ1) is 7.43. The molecule has 16 heavy (non-hydrogen) atoms. The van der Waals surface area contributed by atoms with Gasteiger partial charge >= 0.3 is 6.09 Å². The summed E-state index contributed by atoms with van der Waals surface area (Å²) in [4.78, 5) is 11.5. The highest BCUT2D eigenvalue weighted by molar-refractivity contribution is 8.15. The summed E-state index contributed by atoms with van der Waals surface area (Å²) in [5.41, 5.74) is 0. The minimum Gasteiger partial charge on any atom is -0.453 e. The van der Waals surface area contributed by atoms with Crippen LogP contribution in [0, 0.1) is 0 Å². The lowest BCUT2D eigenvalue weighted by atomic mass is 10.3. The van der Waals surface area contributed by atoms with Crippen molar-refractivity contribution in [2.24, 2.45) is 0 Å².